The number of nitrogens with one attached hydrogen (secondary N) is 1. The van der Waals surface area contributed by atoms with E-state index in [2.05, 4.69) is 10.5 Å². The van der Waals surface area contributed by atoms with Gasteiger partial charge in [-0.1, -0.05) is 17.3 Å². The molecule has 1 aliphatic carbocycles. The summed E-state index contributed by atoms with van der Waals surface area (Å²) in [6.45, 7) is 0. The van der Waals surface area contributed by atoms with Crippen molar-refractivity contribution in [3.8, 4) is 0 Å². The average molecular weight is 246 g/mol. The number of aromatic nitrogens is 1. The van der Waals surface area contributed by atoms with Gasteiger partial charge in [-0.15, -0.1) is 0 Å². The highest BCUT2D eigenvalue weighted by Gasteiger charge is 2.28. The molecular formula is C13H11FN2O2. The van der Waals surface area contributed by atoms with Crippen LogP contribution in [-0.2, 0) is 0 Å². The first kappa shape index (κ1) is 11.0. The molecule has 0 atom stereocenters. The first-order chi connectivity index (χ1) is 8.74. The standard InChI is InChI=1S/C13H11FN2O2/c14-9-3-1-2-4-10(9)15-13(17)11-7-12(18-16-11)8-5-6-8/h1-4,7-8H,5-6H2,(H,15,17). The third-order valence-corrected chi connectivity index (χ3v) is 2.86. The zero-order valence-corrected chi connectivity index (χ0v) is 9.52. The quantitative estimate of drug-likeness (QED) is 0.905. The third-order valence-electron chi connectivity index (χ3n) is 2.86. The summed E-state index contributed by atoms with van der Waals surface area (Å²) in [6, 6.07) is 7.61. The van der Waals surface area contributed by atoms with Crippen LogP contribution in [0.2, 0.25) is 0 Å². The number of halogens is 1. The van der Waals surface area contributed by atoms with Crippen LogP contribution in [0.15, 0.2) is 34.9 Å². The SMILES string of the molecule is O=C(Nc1ccccc1F)c1cc(C2CC2)on1. The lowest BCUT2D eigenvalue weighted by Gasteiger charge is -2.02. The van der Waals surface area contributed by atoms with Crippen molar-refractivity contribution < 1.29 is 13.7 Å². The van der Waals surface area contributed by atoms with Crippen molar-refractivity contribution in [3.05, 3.63) is 47.6 Å². The van der Waals surface area contributed by atoms with E-state index in [0.29, 0.717) is 5.92 Å². The van der Waals surface area contributed by atoms with Crippen molar-refractivity contribution in [1.29, 1.82) is 0 Å². The number of benzene rings is 1. The van der Waals surface area contributed by atoms with Crippen LogP contribution in [0.1, 0.15) is 35.0 Å². The lowest BCUT2D eigenvalue weighted by Crippen LogP contribution is -2.13. The Kier molecular flexibility index (Phi) is 2.59. The van der Waals surface area contributed by atoms with Crippen LogP contribution in [0.4, 0.5) is 10.1 Å². The van der Waals surface area contributed by atoms with Gasteiger partial charge in [-0.3, -0.25) is 4.79 Å². The molecule has 1 fully saturated rings. The summed E-state index contributed by atoms with van der Waals surface area (Å²) in [6.07, 6.45) is 2.15. The number of anilines is 1. The summed E-state index contributed by atoms with van der Waals surface area (Å²) in [7, 11) is 0. The summed E-state index contributed by atoms with van der Waals surface area (Å²) >= 11 is 0. The molecule has 18 heavy (non-hydrogen) atoms. The fourth-order valence-electron chi connectivity index (χ4n) is 1.71. The van der Waals surface area contributed by atoms with E-state index in [0.717, 1.165) is 18.6 Å². The lowest BCUT2D eigenvalue weighted by atomic mass is 10.2. The first-order valence-electron chi connectivity index (χ1n) is 5.76. The molecule has 92 valence electrons. The van der Waals surface area contributed by atoms with Crippen LogP contribution in [0.3, 0.4) is 0 Å². The van der Waals surface area contributed by atoms with E-state index in [9.17, 15) is 9.18 Å². The monoisotopic (exact) mass is 246 g/mol. The summed E-state index contributed by atoms with van der Waals surface area (Å²) in [4.78, 5) is 11.8. The van der Waals surface area contributed by atoms with Crippen molar-refractivity contribution in [2.75, 3.05) is 5.32 Å². The highest BCUT2D eigenvalue weighted by atomic mass is 19.1. The number of nitrogens with zero attached hydrogens (tertiary/aromatic N) is 1. The smallest absolute Gasteiger partial charge is 0.277 e. The van der Waals surface area contributed by atoms with Crippen molar-refractivity contribution in [1.82, 2.24) is 5.16 Å². The molecule has 0 bridgehead atoms. The van der Waals surface area contributed by atoms with Crippen LogP contribution in [0.5, 0.6) is 0 Å². The number of carbonyl (C=O) groups is 1. The maximum atomic E-state index is 13.4. The Labute approximate surface area is 103 Å². The number of hydrogen-bond acceptors (Lipinski definition) is 3. The largest absolute Gasteiger partial charge is 0.360 e. The van der Waals surface area contributed by atoms with Gasteiger partial charge in [0.05, 0.1) is 5.69 Å². The van der Waals surface area contributed by atoms with Crippen LogP contribution in [0.25, 0.3) is 0 Å². The van der Waals surface area contributed by atoms with Gasteiger partial charge >= 0.3 is 0 Å². The molecule has 1 amide bonds. The Morgan fingerprint density at radius 3 is 2.89 bits per heavy atom. The summed E-state index contributed by atoms with van der Waals surface area (Å²) < 4.78 is 18.4. The predicted octanol–water partition coefficient (Wildman–Crippen LogP) is 2.94. The Morgan fingerprint density at radius 2 is 2.17 bits per heavy atom. The fourth-order valence-corrected chi connectivity index (χ4v) is 1.71. The maximum absolute atomic E-state index is 13.4. The van der Waals surface area contributed by atoms with E-state index < -0.39 is 11.7 Å². The highest BCUT2D eigenvalue weighted by Crippen LogP contribution is 2.40. The fraction of sp³-hybridized carbons (Fsp3) is 0.231. The predicted molar refractivity (Wildman–Crippen MR) is 62.8 cm³/mol. The van der Waals surface area contributed by atoms with Gasteiger partial charge in [0.2, 0.25) is 0 Å². The van der Waals surface area contributed by atoms with Crippen molar-refractivity contribution in [2.45, 2.75) is 18.8 Å². The van der Waals surface area contributed by atoms with Crippen molar-refractivity contribution in [3.63, 3.8) is 0 Å². The maximum Gasteiger partial charge on any atom is 0.277 e. The Balaban J connectivity index is 1.76. The molecule has 5 heteroatoms. The van der Waals surface area contributed by atoms with Crippen molar-refractivity contribution >= 4 is 11.6 Å². The minimum absolute atomic E-state index is 0.137. The number of rotatable bonds is 3. The zero-order chi connectivity index (χ0) is 12.5. The molecule has 1 saturated carbocycles. The molecule has 0 unspecified atom stereocenters. The van der Waals surface area contributed by atoms with Crippen molar-refractivity contribution in [2.24, 2.45) is 0 Å². The molecule has 3 rings (SSSR count). The molecule has 2 aromatic rings. The minimum Gasteiger partial charge on any atom is -0.360 e. The Morgan fingerprint density at radius 1 is 1.39 bits per heavy atom. The van der Waals surface area contributed by atoms with Gasteiger partial charge in [0.25, 0.3) is 5.91 Å². The summed E-state index contributed by atoms with van der Waals surface area (Å²) in [5, 5.41) is 6.16. The summed E-state index contributed by atoms with van der Waals surface area (Å²) in [5.41, 5.74) is 0.318. The van der Waals surface area contributed by atoms with Crippen LogP contribution < -0.4 is 5.32 Å². The van der Waals surface area contributed by atoms with Gasteiger partial charge in [0, 0.05) is 12.0 Å². The average Bonchev–Trinajstić information content (AvgIpc) is 3.10. The van der Waals surface area contributed by atoms with E-state index in [1.807, 2.05) is 0 Å². The molecule has 0 spiro atoms. The van der Waals surface area contributed by atoms with Gasteiger partial charge in [-0.2, -0.15) is 0 Å². The normalized spacial score (nSPS) is 14.5. The number of amides is 1. The van der Waals surface area contributed by atoms with E-state index >= 15 is 0 Å². The molecule has 0 aliphatic heterocycles. The van der Waals surface area contributed by atoms with E-state index in [4.69, 9.17) is 4.52 Å². The second-order valence-corrected chi connectivity index (χ2v) is 4.32. The molecule has 0 saturated heterocycles. The topological polar surface area (TPSA) is 55.1 Å². The van der Waals surface area contributed by atoms with Crippen LogP contribution in [0, 0.1) is 5.82 Å². The molecule has 1 aliphatic rings. The second-order valence-electron chi connectivity index (χ2n) is 4.32. The van der Waals surface area contributed by atoms with Crippen LogP contribution in [-0.4, -0.2) is 11.1 Å². The van der Waals surface area contributed by atoms with E-state index in [1.165, 1.54) is 12.1 Å². The molecule has 1 aromatic carbocycles. The molecule has 1 N–H and O–H groups in total. The molecule has 4 nitrogen and oxygen atoms in total. The van der Waals surface area contributed by atoms with Gasteiger partial charge in [-0.05, 0) is 25.0 Å². The van der Waals surface area contributed by atoms with E-state index in [1.54, 1.807) is 18.2 Å². The molecule has 1 aromatic heterocycles. The summed E-state index contributed by atoms with van der Waals surface area (Å²) in [5.74, 6) is 0.189. The Hall–Kier alpha value is -2.17. The van der Waals surface area contributed by atoms with Gasteiger partial charge < -0.3 is 9.84 Å². The van der Waals surface area contributed by atoms with Crippen LogP contribution >= 0.6 is 0 Å². The number of para-hydroxylation sites is 1. The van der Waals surface area contributed by atoms with E-state index in [-0.39, 0.29) is 11.4 Å². The molecule has 0 radical (unpaired) electrons. The zero-order valence-electron chi connectivity index (χ0n) is 9.52. The van der Waals surface area contributed by atoms with Gasteiger partial charge in [0.15, 0.2) is 5.69 Å². The first-order valence-corrected chi connectivity index (χ1v) is 5.76. The number of hydrogen-bond donors (Lipinski definition) is 1. The van der Waals surface area contributed by atoms with Gasteiger partial charge in [0.1, 0.15) is 11.6 Å². The van der Waals surface area contributed by atoms with Gasteiger partial charge in [-0.25, -0.2) is 4.39 Å². The highest BCUT2D eigenvalue weighted by molar-refractivity contribution is 6.02. The molecule has 1 heterocycles. The second kappa shape index (κ2) is 4.25. The lowest BCUT2D eigenvalue weighted by molar-refractivity contribution is 0.101. The minimum atomic E-state index is -0.475. The third kappa shape index (κ3) is 2.11. The Bertz CT molecular complexity index is 590. The molecular weight excluding hydrogens is 235 g/mol. The number of carbonyl (C=O) groups excluding carboxylic acids is 1.